The number of terminal acetylenes is 1. The molecule has 2 aromatic carbocycles. The molecule has 0 spiro atoms. The molecule has 2 aromatic rings. The van der Waals surface area contributed by atoms with E-state index in [1.807, 2.05) is 39.0 Å². The lowest BCUT2D eigenvalue weighted by molar-refractivity contribution is -0.00828. The van der Waals surface area contributed by atoms with Crippen LogP contribution in [0.5, 0.6) is 0 Å². The van der Waals surface area contributed by atoms with Crippen LogP contribution in [0.2, 0.25) is 0 Å². The predicted molar refractivity (Wildman–Crippen MR) is 139 cm³/mol. The fourth-order valence-electron chi connectivity index (χ4n) is 4.07. The van der Waals surface area contributed by atoms with E-state index >= 15 is 0 Å². The molecule has 178 valence electrons. The molecule has 4 heteroatoms. The summed E-state index contributed by atoms with van der Waals surface area (Å²) < 4.78 is 27.9. The number of benzene rings is 2. The number of Topliss-reactive ketones (excluding diaryl/α,β-unsaturated/α-hetero) is 1. The van der Waals surface area contributed by atoms with Gasteiger partial charge in [-0.15, -0.1) is 6.42 Å². The topological polar surface area (TPSA) is 29.4 Å². The van der Waals surface area contributed by atoms with Gasteiger partial charge in [-0.05, 0) is 48.8 Å². The number of carbonyl (C=O) groups excluding carboxylic acids is 1. The van der Waals surface area contributed by atoms with Gasteiger partial charge in [-0.2, -0.15) is 0 Å². The van der Waals surface area contributed by atoms with Gasteiger partial charge in [0.2, 0.25) is 0 Å². The van der Waals surface area contributed by atoms with E-state index in [4.69, 9.17) is 11.4 Å². The summed E-state index contributed by atoms with van der Waals surface area (Å²) in [4.78, 5) is 17.3. The van der Waals surface area contributed by atoms with Crippen LogP contribution in [0.3, 0.4) is 0 Å². The van der Waals surface area contributed by atoms with Gasteiger partial charge in [0.05, 0.1) is 5.70 Å². The molecule has 0 bridgehead atoms. The Morgan fingerprint density at radius 3 is 2.32 bits per heavy atom. The molecule has 0 fully saturated rings. The number of hydrogen-bond acceptors (Lipinski definition) is 2. The molecule has 3 rings (SSSR count). The molecule has 0 heterocycles. The lowest BCUT2D eigenvalue weighted by Crippen LogP contribution is -2.16. The van der Waals surface area contributed by atoms with E-state index in [0.29, 0.717) is 34.5 Å². The number of fused-ring (bicyclic) bond motifs is 1. The second kappa shape index (κ2) is 11.7. The Kier molecular flexibility index (Phi) is 9.27. The Bertz CT molecular complexity index is 1160. The normalized spacial score (nSPS) is 14.2. The summed E-state index contributed by atoms with van der Waals surface area (Å²) >= 11 is 0. The standard InChI is InChI=1S/C28H27F2NO.C2H6/c1-6-21-22-15-10-18(5)27(32)24(22)17-16-23(21)26(8-3)31-25(7-2)19-11-13-20(14-12-19)28(29,30)9-4;1-2/h2,8,11-14,16-17H,5-6,9-10,15H2,1,3-4H3;1-2H3/b26-8-,31-25?;. The quantitative estimate of drug-likeness (QED) is 0.244. The molecule has 0 aliphatic heterocycles. The molecule has 0 saturated carbocycles. The summed E-state index contributed by atoms with van der Waals surface area (Å²) in [6.45, 7) is 13.3. The second-order valence-corrected chi connectivity index (χ2v) is 7.82. The van der Waals surface area contributed by atoms with Gasteiger partial charge < -0.3 is 0 Å². The second-order valence-electron chi connectivity index (χ2n) is 7.82. The molecule has 0 atom stereocenters. The smallest absolute Gasteiger partial charge is 0.273 e. The Balaban J connectivity index is 0.00000199. The lowest BCUT2D eigenvalue weighted by atomic mass is 9.82. The fourth-order valence-corrected chi connectivity index (χ4v) is 4.07. The highest BCUT2D eigenvalue weighted by atomic mass is 19.3. The number of rotatable bonds is 6. The number of halogens is 2. The van der Waals surface area contributed by atoms with E-state index in [0.717, 1.165) is 29.5 Å². The van der Waals surface area contributed by atoms with Crippen molar-refractivity contribution >= 4 is 17.2 Å². The molecule has 34 heavy (non-hydrogen) atoms. The third kappa shape index (κ3) is 5.42. The molecule has 0 radical (unpaired) electrons. The van der Waals surface area contributed by atoms with Gasteiger partial charge in [-0.3, -0.25) is 4.79 Å². The molecule has 1 aliphatic carbocycles. The maximum Gasteiger partial charge on any atom is 0.273 e. The molecular weight excluding hydrogens is 428 g/mol. The zero-order valence-electron chi connectivity index (χ0n) is 20.8. The first kappa shape index (κ1) is 26.9. The summed E-state index contributed by atoms with van der Waals surface area (Å²) in [7, 11) is 0. The SMILES string of the molecule is C#CC(=N/C(=C\C)c1ccc2c(c1CC)CCC(=C)C2=O)c1ccc(C(F)(F)CC)cc1.CC. The number of allylic oxidation sites excluding steroid dienone is 2. The molecule has 0 N–H and O–H groups in total. The number of alkyl halides is 2. The molecule has 2 nitrogen and oxygen atoms in total. The number of hydrogen-bond donors (Lipinski definition) is 0. The van der Waals surface area contributed by atoms with Crippen LogP contribution in [0.1, 0.15) is 85.6 Å². The Labute approximate surface area is 202 Å². The van der Waals surface area contributed by atoms with Gasteiger partial charge in [-0.25, -0.2) is 13.8 Å². The molecule has 0 saturated heterocycles. The third-order valence-electron chi connectivity index (χ3n) is 5.97. The van der Waals surface area contributed by atoms with Gasteiger partial charge in [0.15, 0.2) is 5.78 Å². The maximum absolute atomic E-state index is 13.9. The van der Waals surface area contributed by atoms with Crippen molar-refractivity contribution in [2.24, 2.45) is 4.99 Å². The van der Waals surface area contributed by atoms with Crippen molar-refractivity contribution in [3.63, 3.8) is 0 Å². The summed E-state index contributed by atoms with van der Waals surface area (Å²) in [5, 5.41) is 0. The summed E-state index contributed by atoms with van der Waals surface area (Å²) in [5.74, 6) is -0.273. The van der Waals surface area contributed by atoms with E-state index in [1.54, 1.807) is 12.1 Å². The zero-order chi connectivity index (χ0) is 25.5. The molecule has 0 unspecified atom stereocenters. The minimum Gasteiger partial charge on any atom is -0.289 e. The van der Waals surface area contributed by atoms with Gasteiger partial charge in [0, 0.05) is 28.7 Å². The van der Waals surface area contributed by atoms with E-state index in [2.05, 4.69) is 19.4 Å². The van der Waals surface area contributed by atoms with Crippen LogP contribution in [0, 0.1) is 12.3 Å². The first-order valence-corrected chi connectivity index (χ1v) is 11.8. The van der Waals surface area contributed by atoms with Gasteiger partial charge in [-0.1, -0.05) is 76.7 Å². The van der Waals surface area contributed by atoms with E-state index in [9.17, 15) is 13.6 Å². The summed E-state index contributed by atoms with van der Waals surface area (Å²) in [6, 6.07) is 9.72. The van der Waals surface area contributed by atoms with E-state index in [1.165, 1.54) is 19.1 Å². The Morgan fingerprint density at radius 2 is 1.79 bits per heavy atom. The van der Waals surface area contributed by atoms with Crippen molar-refractivity contribution < 1.29 is 13.6 Å². The summed E-state index contributed by atoms with van der Waals surface area (Å²) in [6.07, 6.45) is 9.52. The van der Waals surface area contributed by atoms with Crippen LogP contribution in [0.15, 0.2) is 59.6 Å². The van der Waals surface area contributed by atoms with E-state index < -0.39 is 5.92 Å². The first-order valence-electron chi connectivity index (χ1n) is 11.8. The van der Waals surface area contributed by atoms with Gasteiger partial charge in [0.1, 0.15) is 5.71 Å². The Morgan fingerprint density at radius 1 is 1.15 bits per heavy atom. The van der Waals surface area contributed by atoms with Crippen molar-refractivity contribution in [3.8, 4) is 12.3 Å². The zero-order valence-corrected chi connectivity index (χ0v) is 20.8. The lowest BCUT2D eigenvalue weighted by Gasteiger charge is -2.22. The van der Waals surface area contributed by atoms with Crippen LogP contribution in [-0.2, 0) is 18.8 Å². The van der Waals surface area contributed by atoms with Crippen molar-refractivity contribution in [1.82, 2.24) is 0 Å². The van der Waals surface area contributed by atoms with Crippen LogP contribution >= 0.6 is 0 Å². The average molecular weight is 462 g/mol. The number of aliphatic imine (C=N–C) groups is 1. The van der Waals surface area contributed by atoms with Crippen molar-refractivity contribution in [3.05, 3.63) is 88.0 Å². The van der Waals surface area contributed by atoms with Crippen molar-refractivity contribution in [1.29, 1.82) is 0 Å². The molecule has 0 amide bonds. The summed E-state index contributed by atoms with van der Waals surface area (Å²) in [5.41, 5.74) is 6.03. The van der Waals surface area contributed by atoms with Crippen LogP contribution in [0.25, 0.3) is 5.70 Å². The van der Waals surface area contributed by atoms with E-state index in [-0.39, 0.29) is 17.8 Å². The minimum absolute atomic E-state index is 0.00585. The molecule has 0 aromatic heterocycles. The van der Waals surface area contributed by atoms with Crippen molar-refractivity contribution in [2.75, 3.05) is 0 Å². The number of nitrogens with zero attached hydrogens (tertiary/aromatic N) is 1. The molecular formula is C30H33F2NO. The number of carbonyl (C=O) groups is 1. The van der Waals surface area contributed by atoms with Gasteiger partial charge in [0.25, 0.3) is 5.92 Å². The van der Waals surface area contributed by atoms with Crippen LogP contribution < -0.4 is 0 Å². The largest absolute Gasteiger partial charge is 0.289 e. The maximum atomic E-state index is 13.9. The van der Waals surface area contributed by atoms with Crippen LogP contribution in [-0.4, -0.2) is 11.5 Å². The monoisotopic (exact) mass is 461 g/mol. The van der Waals surface area contributed by atoms with Crippen LogP contribution in [0.4, 0.5) is 8.78 Å². The van der Waals surface area contributed by atoms with Crippen molar-refractivity contribution in [2.45, 2.75) is 66.2 Å². The minimum atomic E-state index is -2.87. The highest BCUT2D eigenvalue weighted by Gasteiger charge is 2.28. The van der Waals surface area contributed by atoms with Gasteiger partial charge >= 0.3 is 0 Å². The number of ketones is 1. The third-order valence-corrected chi connectivity index (χ3v) is 5.97. The Hall–Kier alpha value is -3.32. The highest BCUT2D eigenvalue weighted by molar-refractivity contribution is 6.15. The predicted octanol–water partition coefficient (Wildman–Crippen LogP) is 7.95. The first-order chi connectivity index (χ1) is 16.3. The fraction of sp³-hybridized carbons (Fsp3) is 0.333. The molecule has 1 aliphatic rings. The average Bonchev–Trinajstić information content (AvgIpc) is 2.87. The highest BCUT2D eigenvalue weighted by Crippen LogP contribution is 2.34.